The van der Waals surface area contributed by atoms with E-state index in [4.69, 9.17) is 19.7 Å². The quantitative estimate of drug-likeness (QED) is 0.257. The summed E-state index contributed by atoms with van der Waals surface area (Å²) in [6, 6.07) is 31.1. The number of hydrogen-bond acceptors (Lipinski definition) is 5. The summed E-state index contributed by atoms with van der Waals surface area (Å²) in [6.07, 6.45) is 11.5. The molecule has 4 atom stereocenters. The lowest BCUT2D eigenvalue weighted by atomic mass is 9.73. The van der Waals surface area contributed by atoms with Crippen LogP contribution in [0.1, 0.15) is 24.2 Å². The van der Waals surface area contributed by atoms with Crippen molar-refractivity contribution in [2.24, 2.45) is 11.8 Å². The first-order valence-electron chi connectivity index (χ1n) is 15.0. The van der Waals surface area contributed by atoms with Gasteiger partial charge in [0.25, 0.3) is 0 Å². The smallest absolute Gasteiger partial charge is 0.164 e. The zero-order valence-electron chi connectivity index (χ0n) is 24.3. The highest BCUT2D eigenvalue weighted by molar-refractivity contribution is 5.82. The number of rotatable bonds is 4. The van der Waals surface area contributed by atoms with Crippen molar-refractivity contribution >= 4 is 5.57 Å². The molecule has 3 heterocycles. The van der Waals surface area contributed by atoms with Gasteiger partial charge < -0.3 is 9.64 Å². The molecule has 0 N–H and O–H groups in total. The zero-order chi connectivity index (χ0) is 28.9. The standard InChI is InChI=1S/C38H32N4O/c1-24-29(25-13-6-3-7-14-25)22-31(34-30-21-28-19-12-20-42(2)32(28)23-33(30)43-35(24)34)38-40-36(26-15-8-4-9-16-26)39-37(41-38)27-17-10-5-11-18-27/h3-19,21-24,29-30,33H,20H2,1-2H3. The highest BCUT2D eigenvalue weighted by Crippen LogP contribution is 2.53. The third kappa shape index (κ3) is 4.43. The van der Waals surface area contributed by atoms with Gasteiger partial charge in [0.05, 0.1) is 0 Å². The van der Waals surface area contributed by atoms with Crippen LogP contribution in [0.4, 0.5) is 0 Å². The molecule has 210 valence electrons. The number of hydrogen-bond donors (Lipinski definition) is 0. The molecular formula is C38H32N4O. The molecule has 0 radical (unpaired) electrons. The van der Waals surface area contributed by atoms with Crippen LogP contribution in [0.5, 0.6) is 0 Å². The summed E-state index contributed by atoms with van der Waals surface area (Å²) in [7, 11) is 2.15. The highest BCUT2D eigenvalue weighted by atomic mass is 16.5. The molecule has 4 unspecified atom stereocenters. The Labute approximate surface area is 252 Å². The molecule has 3 aromatic carbocycles. The summed E-state index contributed by atoms with van der Waals surface area (Å²) in [4.78, 5) is 17.6. The molecule has 5 heteroatoms. The number of aromatic nitrogens is 3. The Morgan fingerprint density at radius 1 is 0.698 bits per heavy atom. The second kappa shape index (κ2) is 10.4. The molecular weight excluding hydrogens is 528 g/mol. The first kappa shape index (κ1) is 25.7. The van der Waals surface area contributed by atoms with E-state index in [9.17, 15) is 0 Å². The molecule has 8 rings (SSSR count). The van der Waals surface area contributed by atoms with Gasteiger partial charge in [-0.1, -0.05) is 122 Å². The predicted octanol–water partition coefficient (Wildman–Crippen LogP) is 7.62. The van der Waals surface area contributed by atoms with Crippen LogP contribution in [0.2, 0.25) is 0 Å². The predicted molar refractivity (Wildman–Crippen MR) is 170 cm³/mol. The Morgan fingerprint density at radius 3 is 1.95 bits per heavy atom. The summed E-state index contributed by atoms with van der Waals surface area (Å²) in [5, 5.41) is 0. The summed E-state index contributed by atoms with van der Waals surface area (Å²) in [5.41, 5.74) is 7.89. The van der Waals surface area contributed by atoms with Gasteiger partial charge in [0.1, 0.15) is 11.9 Å². The minimum absolute atomic E-state index is 0.0675. The summed E-state index contributed by atoms with van der Waals surface area (Å²) >= 11 is 0. The summed E-state index contributed by atoms with van der Waals surface area (Å²) in [6.45, 7) is 3.19. The van der Waals surface area contributed by atoms with Crippen molar-refractivity contribution in [1.82, 2.24) is 19.9 Å². The molecule has 0 amide bonds. The van der Waals surface area contributed by atoms with E-state index in [0.29, 0.717) is 17.5 Å². The maximum atomic E-state index is 6.91. The average Bonchev–Trinajstić information content (AvgIpc) is 3.44. The molecule has 0 saturated heterocycles. The Morgan fingerprint density at radius 2 is 1.30 bits per heavy atom. The maximum Gasteiger partial charge on any atom is 0.164 e. The van der Waals surface area contributed by atoms with Crippen molar-refractivity contribution < 1.29 is 4.74 Å². The molecule has 0 spiro atoms. The van der Waals surface area contributed by atoms with Crippen molar-refractivity contribution in [3.63, 3.8) is 0 Å². The average molecular weight is 561 g/mol. The van der Waals surface area contributed by atoms with Gasteiger partial charge in [0.2, 0.25) is 0 Å². The molecule has 0 bridgehead atoms. The van der Waals surface area contributed by atoms with Gasteiger partial charge in [-0.2, -0.15) is 0 Å². The fourth-order valence-electron chi connectivity index (χ4n) is 6.81. The molecule has 4 aliphatic rings. The monoisotopic (exact) mass is 560 g/mol. The van der Waals surface area contributed by atoms with Gasteiger partial charge in [0, 0.05) is 59.3 Å². The van der Waals surface area contributed by atoms with E-state index in [2.05, 4.69) is 104 Å². The van der Waals surface area contributed by atoms with Gasteiger partial charge >= 0.3 is 0 Å². The molecule has 2 aliphatic carbocycles. The number of likely N-dealkylation sites (N-methyl/N-ethyl adjacent to an activating group) is 1. The molecule has 2 aliphatic heterocycles. The number of fused-ring (bicyclic) bond motifs is 3. The zero-order valence-corrected chi connectivity index (χ0v) is 24.3. The topological polar surface area (TPSA) is 51.1 Å². The first-order valence-corrected chi connectivity index (χ1v) is 15.0. The van der Waals surface area contributed by atoms with Gasteiger partial charge in [-0.05, 0) is 17.2 Å². The third-order valence-corrected chi connectivity index (χ3v) is 8.99. The lowest BCUT2D eigenvalue weighted by Gasteiger charge is -2.32. The number of allylic oxidation sites excluding steroid dienone is 4. The summed E-state index contributed by atoms with van der Waals surface area (Å²) < 4.78 is 6.91. The number of nitrogens with zero attached hydrogens (tertiary/aromatic N) is 4. The molecule has 5 nitrogen and oxygen atoms in total. The lowest BCUT2D eigenvalue weighted by molar-refractivity contribution is 0.136. The fourth-order valence-corrected chi connectivity index (χ4v) is 6.81. The molecule has 4 aromatic rings. The van der Waals surface area contributed by atoms with Gasteiger partial charge in [-0.25, -0.2) is 15.0 Å². The van der Waals surface area contributed by atoms with Crippen LogP contribution in [-0.4, -0.2) is 39.5 Å². The SMILES string of the molecule is CC1C2=C(C(c3nc(-c4ccccc4)nc(-c4ccccc4)n3)=CC1c1ccccc1)C1C=C3C=CCN(C)C3=CC1O2. The van der Waals surface area contributed by atoms with Crippen molar-refractivity contribution in [1.29, 1.82) is 0 Å². The maximum absolute atomic E-state index is 6.91. The van der Waals surface area contributed by atoms with E-state index < -0.39 is 0 Å². The molecule has 0 fully saturated rings. The molecule has 1 aromatic heterocycles. The van der Waals surface area contributed by atoms with Gasteiger partial charge in [-0.15, -0.1) is 0 Å². The van der Waals surface area contributed by atoms with E-state index in [1.165, 1.54) is 22.4 Å². The van der Waals surface area contributed by atoms with Crippen LogP contribution < -0.4 is 0 Å². The van der Waals surface area contributed by atoms with Gasteiger partial charge in [-0.3, -0.25) is 0 Å². The van der Waals surface area contributed by atoms with Crippen LogP contribution in [-0.2, 0) is 4.74 Å². The van der Waals surface area contributed by atoms with E-state index in [0.717, 1.165) is 29.0 Å². The second-order valence-corrected chi connectivity index (χ2v) is 11.7. The minimum Gasteiger partial charge on any atom is -0.489 e. The van der Waals surface area contributed by atoms with Crippen molar-refractivity contribution in [2.45, 2.75) is 18.9 Å². The van der Waals surface area contributed by atoms with Crippen LogP contribution in [0.3, 0.4) is 0 Å². The van der Waals surface area contributed by atoms with E-state index in [-0.39, 0.29) is 23.9 Å². The van der Waals surface area contributed by atoms with E-state index in [1.54, 1.807) is 0 Å². The van der Waals surface area contributed by atoms with Crippen molar-refractivity contribution in [2.75, 3.05) is 13.6 Å². The van der Waals surface area contributed by atoms with Crippen LogP contribution >= 0.6 is 0 Å². The molecule has 43 heavy (non-hydrogen) atoms. The van der Waals surface area contributed by atoms with Crippen molar-refractivity contribution in [3.8, 4) is 22.8 Å². The second-order valence-electron chi connectivity index (χ2n) is 11.7. The minimum atomic E-state index is -0.0675. The van der Waals surface area contributed by atoms with Crippen LogP contribution in [0, 0.1) is 11.8 Å². The lowest BCUT2D eigenvalue weighted by Crippen LogP contribution is -2.29. The number of benzene rings is 3. The van der Waals surface area contributed by atoms with E-state index in [1.807, 2.05) is 36.4 Å². The Kier molecular flexibility index (Phi) is 6.18. The highest BCUT2D eigenvalue weighted by Gasteiger charge is 2.45. The Balaban J connectivity index is 1.33. The normalized spacial score (nSPS) is 23.9. The largest absolute Gasteiger partial charge is 0.489 e. The first-order chi connectivity index (χ1) is 21.1. The number of ether oxygens (including phenoxy) is 1. The van der Waals surface area contributed by atoms with Crippen LogP contribution in [0.15, 0.2) is 144 Å². The van der Waals surface area contributed by atoms with Gasteiger partial charge in [0.15, 0.2) is 17.5 Å². The Hall–Kier alpha value is -5.03. The van der Waals surface area contributed by atoms with E-state index >= 15 is 0 Å². The fraction of sp³-hybridized carbons (Fsp3) is 0.184. The third-order valence-electron chi connectivity index (χ3n) is 8.99. The Bertz CT molecular complexity index is 1800. The van der Waals surface area contributed by atoms with Crippen LogP contribution in [0.25, 0.3) is 28.3 Å². The molecule has 0 saturated carbocycles. The summed E-state index contributed by atoms with van der Waals surface area (Å²) in [5.74, 6) is 3.43. The van der Waals surface area contributed by atoms with Crippen molar-refractivity contribution in [3.05, 3.63) is 155 Å².